The lowest BCUT2D eigenvalue weighted by molar-refractivity contribution is 0.101. The molecule has 0 radical (unpaired) electrons. The standard InChI is InChI=1S/C19H18O3/c1-4-21-15-9-13(3)18-16(11-15)22-17(19(18)20)10-14-8-6-5-7-12(14)2/h5-11H,4H2,1-3H3/b17-10-. The Labute approximate surface area is 130 Å². The number of fused-ring (bicyclic) bond motifs is 1. The Hall–Kier alpha value is -2.55. The summed E-state index contributed by atoms with van der Waals surface area (Å²) in [7, 11) is 0. The summed E-state index contributed by atoms with van der Waals surface area (Å²) >= 11 is 0. The average Bonchev–Trinajstić information content (AvgIpc) is 2.78. The van der Waals surface area contributed by atoms with Gasteiger partial charge in [-0.15, -0.1) is 0 Å². The smallest absolute Gasteiger partial charge is 0.232 e. The molecule has 0 unspecified atom stereocenters. The van der Waals surface area contributed by atoms with E-state index >= 15 is 0 Å². The minimum atomic E-state index is -0.0706. The summed E-state index contributed by atoms with van der Waals surface area (Å²) in [5.74, 6) is 1.59. The van der Waals surface area contributed by atoms with Crippen LogP contribution in [-0.2, 0) is 0 Å². The molecule has 0 atom stereocenters. The Balaban J connectivity index is 2.01. The minimum Gasteiger partial charge on any atom is -0.494 e. The molecule has 1 aliphatic heterocycles. The number of hydrogen-bond acceptors (Lipinski definition) is 3. The van der Waals surface area contributed by atoms with Gasteiger partial charge in [0.05, 0.1) is 12.2 Å². The SMILES string of the molecule is CCOc1cc(C)c2c(c1)O/C(=C\c1ccccc1C)C2=O. The summed E-state index contributed by atoms with van der Waals surface area (Å²) in [6.07, 6.45) is 1.80. The molecule has 1 heterocycles. The van der Waals surface area contributed by atoms with Crippen molar-refractivity contribution in [2.24, 2.45) is 0 Å². The Morgan fingerprint density at radius 3 is 2.64 bits per heavy atom. The molecule has 0 saturated heterocycles. The molecular weight excluding hydrogens is 276 g/mol. The number of ether oxygens (including phenoxy) is 2. The first-order valence-corrected chi connectivity index (χ1v) is 7.37. The summed E-state index contributed by atoms with van der Waals surface area (Å²) in [4.78, 5) is 12.6. The van der Waals surface area contributed by atoms with Gasteiger partial charge in [-0.2, -0.15) is 0 Å². The van der Waals surface area contributed by atoms with Gasteiger partial charge in [0.1, 0.15) is 11.5 Å². The molecule has 0 spiro atoms. The van der Waals surface area contributed by atoms with Gasteiger partial charge in [0, 0.05) is 6.07 Å². The van der Waals surface area contributed by atoms with Crippen molar-refractivity contribution in [2.75, 3.05) is 6.61 Å². The van der Waals surface area contributed by atoms with Crippen LogP contribution in [0.4, 0.5) is 0 Å². The molecule has 0 amide bonds. The summed E-state index contributed by atoms with van der Waals surface area (Å²) in [5, 5.41) is 0. The van der Waals surface area contributed by atoms with E-state index < -0.39 is 0 Å². The van der Waals surface area contributed by atoms with Gasteiger partial charge in [0.25, 0.3) is 0 Å². The van der Waals surface area contributed by atoms with Crippen LogP contribution in [0.5, 0.6) is 11.5 Å². The van der Waals surface area contributed by atoms with Crippen LogP contribution >= 0.6 is 0 Å². The van der Waals surface area contributed by atoms with E-state index in [4.69, 9.17) is 9.47 Å². The molecule has 1 aliphatic rings. The Bertz CT molecular complexity index is 772. The zero-order valence-corrected chi connectivity index (χ0v) is 13.0. The second kappa shape index (κ2) is 5.68. The molecule has 0 aliphatic carbocycles. The summed E-state index contributed by atoms with van der Waals surface area (Å²) in [5.41, 5.74) is 3.60. The van der Waals surface area contributed by atoms with E-state index in [2.05, 4.69) is 0 Å². The highest BCUT2D eigenvalue weighted by molar-refractivity contribution is 6.15. The maximum atomic E-state index is 12.6. The van der Waals surface area contributed by atoms with Crippen LogP contribution in [0.1, 0.15) is 34.0 Å². The zero-order chi connectivity index (χ0) is 15.7. The highest BCUT2D eigenvalue weighted by Crippen LogP contribution is 2.37. The Morgan fingerprint density at radius 2 is 1.91 bits per heavy atom. The maximum absolute atomic E-state index is 12.6. The van der Waals surface area contributed by atoms with Crippen LogP contribution in [0, 0.1) is 13.8 Å². The molecule has 0 N–H and O–H groups in total. The van der Waals surface area contributed by atoms with E-state index in [1.807, 2.05) is 51.1 Å². The fraction of sp³-hybridized carbons (Fsp3) is 0.211. The van der Waals surface area contributed by atoms with Gasteiger partial charge in [0.15, 0.2) is 5.76 Å². The van der Waals surface area contributed by atoms with Gasteiger partial charge in [0.2, 0.25) is 5.78 Å². The highest BCUT2D eigenvalue weighted by Gasteiger charge is 2.30. The molecule has 3 nitrogen and oxygen atoms in total. The van der Waals surface area contributed by atoms with E-state index in [0.29, 0.717) is 23.7 Å². The fourth-order valence-electron chi connectivity index (χ4n) is 2.62. The molecule has 0 bridgehead atoms. The van der Waals surface area contributed by atoms with Crippen molar-refractivity contribution >= 4 is 11.9 Å². The largest absolute Gasteiger partial charge is 0.494 e. The second-order valence-electron chi connectivity index (χ2n) is 5.34. The monoisotopic (exact) mass is 294 g/mol. The lowest BCUT2D eigenvalue weighted by Gasteiger charge is -2.06. The first-order chi connectivity index (χ1) is 10.6. The zero-order valence-electron chi connectivity index (χ0n) is 13.0. The van der Waals surface area contributed by atoms with Crippen LogP contribution in [0.3, 0.4) is 0 Å². The normalized spacial score (nSPS) is 14.9. The van der Waals surface area contributed by atoms with Crippen molar-refractivity contribution in [2.45, 2.75) is 20.8 Å². The van der Waals surface area contributed by atoms with Gasteiger partial charge in [-0.3, -0.25) is 4.79 Å². The Kier molecular flexibility index (Phi) is 3.72. The summed E-state index contributed by atoms with van der Waals surface area (Å²) in [6, 6.07) is 11.6. The predicted octanol–water partition coefficient (Wildman–Crippen LogP) is 4.32. The van der Waals surface area contributed by atoms with E-state index in [1.165, 1.54) is 0 Å². The molecule has 2 aromatic rings. The molecule has 112 valence electrons. The van der Waals surface area contributed by atoms with Gasteiger partial charge in [-0.05, 0) is 49.6 Å². The van der Waals surface area contributed by atoms with Gasteiger partial charge in [-0.25, -0.2) is 0 Å². The lowest BCUT2D eigenvalue weighted by atomic mass is 10.0. The molecule has 0 fully saturated rings. The number of hydrogen-bond donors (Lipinski definition) is 0. The number of rotatable bonds is 3. The van der Waals surface area contributed by atoms with Crippen LogP contribution in [0.25, 0.3) is 6.08 Å². The molecule has 3 rings (SSSR count). The van der Waals surface area contributed by atoms with Crippen molar-refractivity contribution in [1.29, 1.82) is 0 Å². The van der Waals surface area contributed by atoms with Crippen molar-refractivity contribution in [1.82, 2.24) is 0 Å². The topological polar surface area (TPSA) is 35.5 Å². The van der Waals surface area contributed by atoms with Crippen LogP contribution in [0.2, 0.25) is 0 Å². The van der Waals surface area contributed by atoms with Crippen LogP contribution in [0.15, 0.2) is 42.2 Å². The van der Waals surface area contributed by atoms with E-state index in [-0.39, 0.29) is 5.78 Å². The van der Waals surface area contributed by atoms with E-state index in [1.54, 1.807) is 12.1 Å². The maximum Gasteiger partial charge on any atom is 0.232 e. The third-order valence-corrected chi connectivity index (χ3v) is 3.73. The van der Waals surface area contributed by atoms with Crippen molar-refractivity contribution in [3.63, 3.8) is 0 Å². The predicted molar refractivity (Wildman–Crippen MR) is 86.5 cm³/mol. The van der Waals surface area contributed by atoms with Crippen LogP contribution < -0.4 is 9.47 Å². The quantitative estimate of drug-likeness (QED) is 0.791. The summed E-state index contributed by atoms with van der Waals surface area (Å²) < 4.78 is 11.3. The minimum absolute atomic E-state index is 0.0706. The number of aryl methyl sites for hydroxylation is 2. The fourth-order valence-corrected chi connectivity index (χ4v) is 2.62. The molecule has 2 aromatic carbocycles. The Morgan fingerprint density at radius 1 is 1.14 bits per heavy atom. The molecule has 3 heteroatoms. The average molecular weight is 294 g/mol. The first kappa shape index (κ1) is 14.4. The lowest BCUT2D eigenvalue weighted by Crippen LogP contribution is -2.00. The van der Waals surface area contributed by atoms with Crippen molar-refractivity contribution in [3.05, 3.63) is 64.4 Å². The number of allylic oxidation sites excluding steroid dienone is 1. The van der Waals surface area contributed by atoms with Crippen molar-refractivity contribution < 1.29 is 14.3 Å². The molecule has 0 saturated carbocycles. The van der Waals surface area contributed by atoms with Crippen LogP contribution in [-0.4, -0.2) is 12.4 Å². The molecular formula is C19H18O3. The van der Waals surface area contributed by atoms with Gasteiger partial charge >= 0.3 is 0 Å². The second-order valence-corrected chi connectivity index (χ2v) is 5.34. The first-order valence-electron chi connectivity index (χ1n) is 7.37. The van der Waals surface area contributed by atoms with Gasteiger partial charge < -0.3 is 9.47 Å². The molecule has 0 aromatic heterocycles. The third kappa shape index (κ3) is 2.50. The molecule has 22 heavy (non-hydrogen) atoms. The van der Waals surface area contributed by atoms with E-state index in [0.717, 1.165) is 22.4 Å². The van der Waals surface area contributed by atoms with E-state index in [9.17, 15) is 4.79 Å². The number of ketones is 1. The van der Waals surface area contributed by atoms with Crippen molar-refractivity contribution in [3.8, 4) is 11.5 Å². The number of benzene rings is 2. The number of carbonyl (C=O) groups is 1. The highest BCUT2D eigenvalue weighted by atomic mass is 16.5. The number of Topliss-reactive ketones (excluding diaryl/α,β-unsaturated/α-hetero) is 1. The summed E-state index contributed by atoms with van der Waals surface area (Å²) in [6.45, 7) is 6.42. The van der Waals surface area contributed by atoms with Gasteiger partial charge in [-0.1, -0.05) is 24.3 Å². The number of carbonyl (C=O) groups excluding carboxylic acids is 1. The third-order valence-electron chi connectivity index (χ3n) is 3.73.